The first-order chi connectivity index (χ1) is 13.9. The predicted molar refractivity (Wildman–Crippen MR) is 113 cm³/mol. The molecule has 2 N–H and O–H groups in total. The van der Waals surface area contributed by atoms with E-state index in [2.05, 4.69) is 10.6 Å². The van der Waals surface area contributed by atoms with Crippen molar-refractivity contribution in [1.29, 1.82) is 0 Å². The third-order valence-corrected chi connectivity index (χ3v) is 4.88. The Kier molecular flexibility index (Phi) is 7.11. The number of amides is 1. The van der Waals surface area contributed by atoms with Gasteiger partial charge in [-0.05, 0) is 50.7 Å². The van der Waals surface area contributed by atoms with Crippen LogP contribution in [0.4, 0.5) is 15.9 Å². The first-order valence-corrected chi connectivity index (χ1v) is 9.90. The highest BCUT2D eigenvalue weighted by Gasteiger charge is 2.20. The van der Waals surface area contributed by atoms with Crippen molar-refractivity contribution in [3.63, 3.8) is 0 Å². The van der Waals surface area contributed by atoms with Gasteiger partial charge in [0.1, 0.15) is 17.5 Å². The van der Waals surface area contributed by atoms with Gasteiger partial charge in [0.25, 0.3) is 0 Å². The second kappa shape index (κ2) is 9.76. The van der Waals surface area contributed by atoms with E-state index in [1.54, 1.807) is 12.1 Å². The molecule has 1 fully saturated rings. The third-order valence-electron chi connectivity index (χ3n) is 4.88. The lowest BCUT2D eigenvalue weighted by Crippen LogP contribution is -2.31. The van der Waals surface area contributed by atoms with Crippen molar-refractivity contribution in [2.45, 2.75) is 25.3 Å². The number of benzene rings is 1. The minimum Gasteiger partial charge on any atom is -0.363 e. The lowest BCUT2D eigenvalue weighted by atomic mass is 9.99. The fourth-order valence-corrected chi connectivity index (χ4v) is 3.38. The molecule has 0 radical (unpaired) electrons. The average molecular weight is 401 g/mol. The second-order valence-electron chi connectivity index (χ2n) is 7.74. The zero-order valence-electron chi connectivity index (χ0n) is 17.3. The van der Waals surface area contributed by atoms with Crippen LogP contribution < -0.4 is 15.5 Å². The molecule has 1 aliphatic heterocycles. The van der Waals surface area contributed by atoms with Crippen molar-refractivity contribution >= 4 is 17.4 Å². The van der Waals surface area contributed by atoms with E-state index in [1.807, 2.05) is 37.0 Å². The highest BCUT2D eigenvalue weighted by atomic mass is 19.1. The Labute approximate surface area is 171 Å². The van der Waals surface area contributed by atoms with Gasteiger partial charge in [0.2, 0.25) is 5.91 Å². The SMILES string of the molecule is CN(CC(=O)Nc1ccc(F)cc1)Cc1cc(N(C)C)nc([C@@H]2CCCNC2)n1. The molecule has 0 bridgehead atoms. The Bertz CT molecular complexity index is 820. The number of carbonyl (C=O) groups excluding carboxylic acids is 1. The summed E-state index contributed by atoms with van der Waals surface area (Å²) in [5.41, 5.74) is 1.47. The number of aromatic nitrogens is 2. The van der Waals surface area contributed by atoms with E-state index in [9.17, 15) is 9.18 Å². The van der Waals surface area contributed by atoms with Crippen LogP contribution in [0.5, 0.6) is 0 Å². The zero-order chi connectivity index (χ0) is 20.8. The fraction of sp³-hybridized carbons (Fsp3) is 0.476. The van der Waals surface area contributed by atoms with Crippen LogP contribution in [0.25, 0.3) is 0 Å². The summed E-state index contributed by atoms with van der Waals surface area (Å²) in [5.74, 6) is 1.57. The molecule has 7 nitrogen and oxygen atoms in total. The number of nitrogens with zero attached hydrogens (tertiary/aromatic N) is 4. The molecular formula is C21H29FN6O. The smallest absolute Gasteiger partial charge is 0.238 e. The summed E-state index contributed by atoms with van der Waals surface area (Å²) in [4.78, 5) is 25.7. The maximum Gasteiger partial charge on any atom is 0.238 e. The van der Waals surface area contributed by atoms with Crippen LogP contribution in [-0.2, 0) is 11.3 Å². The Morgan fingerprint density at radius 2 is 2.00 bits per heavy atom. The number of carbonyl (C=O) groups is 1. The van der Waals surface area contributed by atoms with Crippen LogP contribution in [-0.4, -0.2) is 61.6 Å². The van der Waals surface area contributed by atoms with Gasteiger partial charge < -0.3 is 15.5 Å². The lowest BCUT2D eigenvalue weighted by molar-refractivity contribution is -0.117. The van der Waals surface area contributed by atoms with E-state index >= 15 is 0 Å². The van der Waals surface area contributed by atoms with Gasteiger partial charge >= 0.3 is 0 Å². The van der Waals surface area contributed by atoms with Gasteiger partial charge in [0.05, 0.1) is 12.2 Å². The molecule has 0 unspecified atom stereocenters. The van der Waals surface area contributed by atoms with Crippen molar-refractivity contribution in [2.75, 3.05) is 51.0 Å². The summed E-state index contributed by atoms with van der Waals surface area (Å²) in [6, 6.07) is 7.71. The number of halogens is 1. The van der Waals surface area contributed by atoms with Crippen molar-refractivity contribution in [3.05, 3.63) is 47.7 Å². The molecule has 2 heterocycles. The molecule has 1 atom stereocenters. The Balaban J connectivity index is 1.65. The highest BCUT2D eigenvalue weighted by Crippen LogP contribution is 2.23. The van der Waals surface area contributed by atoms with E-state index in [0.717, 1.165) is 43.3 Å². The van der Waals surface area contributed by atoms with E-state index < -0.39 is 0 Å². The topological polar surface area (TPSA) is 73.4 Å². The van der Waals surface area contributed by atoms with E-state index in [0.29, 0.717) is 18.2 Å². The molecule has 156 valence electrons. The molecule has 1 amide bonds. The maximum atomic E-state index is 13.0. The van der Waals surface area contributed by atoms with Crippen LogP contribution in [0.2, 0.25) is 0 Å². The molecule has 1 saturated heterocycles. The van der Waals surface area contributed by atoms with Crippen LogP contribution in [0.3, 0.4) is 0 Å². The molecule has 0 aliphatic carbocycles. The van der Waals surface area contributed by atoms with E-state index in [-0.39, 0.29) is 18.3 Å². The first-order valence-electron chi connectivity index (χ1n) is 9.90. The Morgan fingerprint density at radius 1 is 1.24 bits per heavy atom. The number of hydrogen-bond acceptors (Lipinski definition) is 6. The molecule has 1 aromatic carbocycles. The number of nitrogens with one attached hydrogen (secondary N) is 2. The summed E-state index contributed by atoms with van der Waals surface area (Å²) in [5, 5.41) is 6.20. The summed E-state index contributed by atoms with van der Waals surface area (Å²) >= 11 is 0. The van der Waals surface area contributed by atoms with Crippen molar-refractivity contribution in [3.8, 4) is 0 Å². The summed E-state index contributed by atoms with van der Waals surface area (Å²) in [7, 11) is 5.81. The second-order valence-corrected chi connectivity index (χ2v) is 7.74. The number of likely N-dealkylation sites (N-methyl/N-ethyl adjacent to an activating group) is 1. The molecule has 1 aliphatic rings. The Morgan fingerprint density at radius 3 is 2.66 bits per heavy atom. The van der Waals surface area contributed by atoms with Gasteiger partial charge in [-0.3, -0.25) is 9.69 Å². The largest absolute Gasteiger partial charge is 0.363 e. The quantitative estimate of drug-likeness (QED) is 0.743. The lowest BCUT2D eigenvalue weighted by Gasteiger charge is -2.24. The van der Waals surface area contributed by atoms with Gasteiger partial charge in [-0.15, -0.1) is 0 Å². The maximum absolute atomic E-state index is 13.0. The Hall–Kier alpha value is -2.58. The first kappa shape index (κ1) is 21.1. The molecule has 3 rings (SSSR count). The van der Waals surface area contributed by atoms with Crippen LogP contribution in [0.15, 0.2) is 30.3 Å². The minimum absolute atomic E-state index is 0.155. The summed E-state index contributed by atoms with van der Waals surface area (Å²) in [6.45, 7) is 2.68. The zero-order valence-corrected chi connectivity index (χ0v) is 17.3. The van der Waals surface area contributed by atoms with Crippen LogP contribution in [0.1, 0.15) is 30.3 Å². The molecule has 0 saturated carbocycles. The molecule has 29 heavy (non-hydrogen) atoms. The van der Waals surface area contributed by atoms with Gasteiger partial charge in [-0.25, -0.2) is 14.4 Å². The van der Waals surface area contributed by atoms with Gasteiger partial charge in [0.15, 0.2) is 0 Å². The van der Waals surface area contributed by atoms with Gasteiger partial charge in [0, 0.05) is 44.9 Å². The van der Waals surface area contributed by atoms with Gasteiger partial charge in [-0.1, -0.05) is 0 Å². The van der Waals surface area contributed by atoms with E-state index in [4.69, 9.17) is 9.97 Å². The molecule has 8 heteroatoms. The monoisotopic (exact) mass is 400 g/mol. The average Bonchev–Trinajstić information content (AvgIpc) is 2.70. The van der Waals surface area contributed by atoms with Crippen molar-refractivity contribution in [1.82, 2.24) is 20.2 Å². The van der Waals surface area contributed by atoms with Crippen LogP contribution in [0, 0.1) is 5.82 Å². The number of rotatable bonds is 7. The van der Waals surface area contributed by atoms with E-state index in [1.165, 1.54) is 12.1 Å². The standard InChI is InChI=1S/C21H29FN6O/c1-27(2)19-11-18(25-21(26-19)15-5-4-10-23-12-15)13-28(3)14-20(29)24-17-8-6-16(22)7-9-17/h6-9,11,15,23H,4-5,10,12-14H2,1-3H3,(H,24,29)/t15-/m1/s1. The number of anilines is 2. The number of hydrogen-bond donors (Lipinski definition) is 2. The summed E-state index contributed by atoms with van der Waals surface area (Å²) in [6.07, 6.45) is 2.21. The normalized spacial score (nSPS) is 16.7. The molecular weight excluding hydrogens is 371 g/mol. The van der Waals surface area contributed by atoms with Crippen molar-refractivity contribution < 1.29 is 9.18 Å². The van der Waals surface area contributed by atoms with Crippen molar-refractivity contribution in [2.24, 2.45) is 0 Å². The van der Waals surface area contributed by atoms with Crippen LogP contribution >= 0.6 is 0 Å². The summed E-state index contributed by atoms with van der Waals surface area (Å²) < 4.78 is 13.0. The van der Waals surface area contributed by atoms with Gasteiger partial charge in [-0.2, -0.15) is 0 Å². The number of piperidine rings is 1. The highest BCUT2D eigenvalue weighted by molar-refractivity contribution is 5.92. The third kappa shape index (κ3) is 6.20. The fourth-order valence-electron chi connectivity index (χ4n) is 3.38. The molecule has 0 spiro atoms. The predicted octanol–water partition coefficient (Wildman–Crippen LogP) is 2.22. The molecule has 1 aromatic heterocycles. The minimum atomic E-state index is -0.329. The molecule has 2 aromatic rings.